The van der Waals surface area contributed by atoms with Gasteiger partial charge >= 0.3 is 0 Å². The Hall–Kier alpha value is -0.100. The van der Waals surface area contributed by atoms with Gasteiger partial charge in [-0.3, -0.25) is 4.90 Å². The van der Waals surface area contributed by atoms with Crippen LogP contribution in [0.25, 0.3) is 0 Å². The topological polar surface area (TPSA) is 21.7 Å². The first-order chi connectivity index (χ1) is 9.17. The Morgan fingerprint density at radius 1 is 1.32 bits per heavy atom. The molecular formula is C14H19Br2NO2. The van der Waals surface area contributed by atoms with E-state index in [1.54, 1.807) is 0 Å². The highest BCUT2D eigenvalue weighted by molar-refractivity contribution is 9.10. The van der Waals surface area contributed by atoms with Gasteiger partial charge in [-0.25, -0.2) is 0 Å². The molecule has 1 aromatic rings. The number of halogens is 2. The van der Waals surface area contributed by atoms with Crippen LogP contribution in [0.4, 0.5) is 0 Å². The summed E-state index contributed by atoms with van der Waals surface area (Å²) in [5.74, 6) is 0.918. The second kappa shape index (κ2) is 7.62. The predicted molar refractivity (Wildman–Crippen MR) is 84.2 cm³/mol. The van der Waals surface area contributed by atoms with Crippen molar-refractivity contribution >= 4 is 31.9 Å². The molecule has 0 radical (unpaired) electrons. The smallest absolute Gasteiger partial charge is 0.119 e. The normalized spacial score (nSPS) is 24.4. The summed E-state index contributed by atoms with van der Waals surface area (Å²) in [4.78, 5) is 2.40. The van der Waals surface area contributed by atoms with Crippen LogP contribution >= 0.6 is 31.9 Å². The molecule has 2 rings (SSSR count). The number of benzene rings is 1. The first-order valence-electron chi connectivity index (χ1n) is 6.49. The van der Waals surface area contributed by atoms with Gasteiger partial charge < -0.3 is 9.47 Å². The zero-order valence-corrected chi connectivity index (χ0v) is 14.2. The molecule has 3 nitrogen and oxygen atoms in total. The maximum atomic E-state index is 5.81. The van der Waals surface area contributed by atoms with Crippen molar-refractivity contribution in [3.05, 3.63) is 28.7 Å². The van der Waals surface area contributed by atoms with Crippen molar-refractivity contribution in [2.24, 2.45) is 0 Å². The van der Waals surface area contributed by atoms with E-state index in [9.17, 15) is 0 Å². The molecule has 1 fully saturated rings. The van der Waals surface area contributed by atoms with Crippen molar-refractivity contribution in [3.63, 3.8) is 0 Å². The predicted octanol–water partition coefficient (Wildman–Crippen LogP) is 3.31. The van der Waals surface area contributed by atoms with E-state index >= 15 is 0 Å². The number of alkyl halides is 1. The fourth-order valence-electron chi connectivity index (χ4n) is 2.23. The van der Waals surface area contributed by atoms with Crippen LogP contribution < -0.4 is 4.74 Å². The molecule has 0 saturated carbocycles. The zero-order valence-electron chi connectivity index (χ0n) is 11.0. The van der Waals surface area contributed by atoms with Crippen molar-refractivity contribution in [2.75, 3.05) is 31.6 Å². The first kappa shape index (κ1) is 15.3. The van der Waals surface area contributed by atoms with Gasteiger partial charge in [0.15, 0.2) is 0 Å². The number of hydrogen-bond donors (Lipinski definition) is 0. The fourth-order valence-corrected chi connectivity index (χ4v) is 2.85. The monoisotopic (exact) mass is 391 g/mol. The first-order valence-corrected chi connectivity index (χ1v) is 8.41. The van der Waals surface area contributed by atoms with E-state index in [1.165, 1.54) is 0 Å². The molecule has 19 heavy (non-hydrogen) atoms. The lowest BCUT2D eigenvalue weighted by Gasteiger charge is -2.36. The van der Waals surface area contributed by atoms with E-state index in [2.05, 4.69) is 43.7 Å². The molecule has 2 unspecified atom stereocenters. The SMILES string of the molecule is CC1CN(CCOc2ccc(Br)cc2)CC(CBr)O1. The molecule has 5 heteroatoms. The van der Waals surface area contributed by atoms with Gasteiger partial charge in [-0.05, 0) is 31.2 Å². The second-order valence-corrected chi connectivity index (χ2v) is 6.35. The molecule has 1 heterocycles. The maximum Gasteiger partial charge on any atom is 0.119 e. The van der Waals surface area contributed by atoms with Crippen LogP contribution in [-0.2, 0) is 4.74 Å². The molecule has 0 aliphatic carbocycles. The third-order valence-electron chi connectivity index (χ3n) is 3.06. The van der Waals surface area contributed by atoms with Crippen molar-refractivity contribution < 1.29 is 9.47 Å². The molecule has 0 aromatic heterocycles. The third-order valence-corrected chi connectivity index (χ3v) is 4.31. The molecule has 106 valence electrons. The highest BCUT2D eigenvalue weighted by atomic mass is 79.9. The Morgan fingerprint density at radius 3 is 2.74 bits per heavy atom. The zero-order chi connectivity index (χ0) is 13.7. The summed E-state index contributed by atoms with van der Waals surface area (Å²) in [6.07, 6.45) is 0.584. The lowest BCUT2D eigenvalue weighted by molar-refractivity contribution is -0.0672. The Bertz CT molecular complexity index is 386. The summed E-state index contributed by atoms with van der Waals surface area (Å²) in [5.41, 5.74) is 0. The van der Waals surface area contributed by atoms with Crippen molar-refractivity contribution in [2.45, 2.75) is 19.1 Å². The van der Waals surface area contributed by atoms with Gasteiger partial charge in [0, 0.05) is 29.4 Å². The molecule has 0 N–H and O–H groups in total. The van der Waals surface area contributed by atoms with Gasteiger partial charge in [-0.1, -0.05) is 31.9 Å². The minimum absolute atomic E-state index is 0.288. The van der Waals surface area contributed by atoms with Crippen LogP contribution in [0.1, 0.15) is 6.92 Å². The average molecular weight is 393 g/mol. The summed E-state index contributed by atoms with van der Waals surface area (Å²) in [6, 6.07) is 7.95. The summed E-state index contributed by atoms with van der Waals surface area (Å²) < 4.78 is 12.6. The Balaban J connectivity index is 1.74. The molecule has 0 amide bonds. The van der Waals surface area contributed by atoms with Crippen LogP contribution in [0.5, 0.6) is 5.75 Å². The summed E-state index contributed by atoms with van der Waals surface area (Å²) >= 11 is 6.91. The highest BCUT2D eigenvalue weighted by Crippen LogP contribution is 2.16. The molecule has 1 saturated heterocycles. The van der Waals surface area contributed by atoms with Gasteiger partial charge in [-0.15, -0.1) is 0 Å². The van der Waals surface area contributed by atoms with Crippen molar-refractivity contribution in [1.82, 2.24) is 4.90 Å². The summed E-state index contributed by atoms with van der Waals surface area (Å²) in [5, 5.41) is 0.890. The van der Waals surface area contributed by atoms with E-state index in [0.717, 1.165) is 35.2 Å². The molecule has 0 bridgehead atoms. The fraction of sp³-hybridized carbons (Fsp3) is 0.571. The Morgan fingerprint density at radius 2 is 2.05 bits per heavy atom. The van der Waals surface area contributed by atoms with Gasteiger partial charge in [0.05, 0.1) is 12.2 Å². The van der Waals surface area contributed by atoms with Crippen molar-refractivity contribution in [3.8, 4) is 5.75 Å². The van der Waals surface area contributed by atoms with E-state index in [-0.39, 0.29) is 6.10 Å². The molecule has 1 aliphatic rings. The third kappa shape index (κ3) is 5.06. The van der Waals surface area contributed by atoms with E-state index in [0.29, 0.717) is 12.7 Å². The van der Waals surface area contributed by atoms with Gasteiger partial charge in [0.2, 0.25) is 0 Å². The molecule has 1 aromatic carbocycles. The maximum absolute atomic E-state index is 5.81. The quantitative estimate of drug-likeness (QED) is 0.717. The number of ether oxygens (including phenoxy) is 2. The Labute approximate surface area is 131 Å². The van der Waals surface area contributed by atoms with Crippen LogP contribution in [0.3, 0.4) is 0 Å². The molecular weight excluding hydrogens is 374 g/mol. The minimum Gasteiger partial charge on any atom is -0.492 e. The van der Waals surface area contributed by atoms with E-state index in [4.69, 9.17) is 9.47 Å². The van der Waals surface area contributed by atoms with E-state index in [1.807, 2.05) is 24.3 Å². The van der Waals surface area contributed by atoms with Crippen LogP contribution in [0, 0.1) is 0 Å². The number of nitrogens with zero attached hydrogens (tertiary/aromatic N) is 1. The number of morpholine rings is 1. The second-order valence-electron chi connectivity index (χ2n) is 4.78. The van der Waals surface area contributed by atoms with Crippen LogP contribution in [0.15, 0.2) is 28.7 Å². The molecule has 2 atom stereocenters. The van der Waals surface area contributed by atoms with Gasteiger partial charge in [0.1, 0.15) is 12.4 Å². The largest absolute Gasteiger partial charge is 0.492 e. The Kier molecular flexibility index (Phi) is 6.13. The summed E-state index contributed by atoms with van der Waals surface area (Å²) in [6.45, 7) is 5.72. The van der Waals surface area contributed by atoms with Crippen LogP contribution in [-0.4, -0.2) is 48.7 Å². The van der Waals surface area contributed by atoms with Crippen LogP contribution in [0.2, 0.25) is 0 Å². The average Bonchev–Trinajstić information content (AvgIpc) is 2.40. The highest BCUT2D eigenvalue weighted by Gasteiger charge is 2.23. The van der Waals surface area contributed by atoms with E-state index < -0.39 is 0 Å². The lowest BCUT2D eigenvalue weighted by Crippen LogP contribution is -2.48. The van der Waals surface area contributed by atoms with Gasteiger partial charge in [-0.2, -0.15) is 0 Å². The molecule has 1 aliphatic heterocycles. The molecule has 0 spiro atoms. The van der Waals surface area contributed by atoms with Gasteiger partial charge in [0.25, 0.3) is 0 Å². The summed E-state index contributed by atoms with van der Waals surface area (Å²) in [7, 11) is 0. The number of rotatable bonds is 5. The lowest BCUT2D eigenvalue weighted by atomic mass is 10.2. The standard InChI is InChI=1S/C14H19Br2NO2/c1-11-9-17(10-14(8-15)19-11)6-7-18-13-4-2-12(16)3-5-13/h2-5,11,14H,6-10H2,1H3. The number of hydrogen-bond acceptors (Lipinski definition) is 3. The van der Waals surface area contributed by atoms with Crippen molar-refractivity contribution in [1.29, 1.82) is 0 Å². The minimum atomic E-state index is 0.288.